The topological polar surface area (TPSA) is 41.3 Å². The first-order valence-electron chi connectivity index (χ1n) is 4.64. The minimum atomic E-state index is 0.243. The Kier molecular flexibility index (Phi) is 2.33. The summed E-state index contributed by atoms with van der Waals surface area (Å²) in [4.78, 5) is 2.25. The number of aliphatic hydroxyl groups excluding tert-OH is 1. The number of β-amino-alcohol motifs (C(OH)–C–C–N with tert-alkyl or cyclic N) is 1. The zero-order valence-corrected chi connectivity index (χ0v) is 7.90. The second-order valence-corrected chi connectivity index (χ2v) is 3.49. The van der Waals surface area contributed by atoms with Crippen LogP contribution in [-0.2, 0) is 20.0 Å². The second-order valence-electron chi connectivity index (χ2n) is 3.49. The van der Waals surface area contributed by atoms with Gasteiger partial charge in [-0.25, -0.2) is 0 Å². The van der Waals surface area contributed by atoms with Crippen LogP contribution in [-0.4, -0.2) is 39.5 Å². The summed E-state index contributed by atoms with van der Waals surface area (Å²) in [7, 11) is 1.97. The predicted octanol–water partition coefficient (Wildman–Crippen LogP) is -0.230. The fraction of sp³-hybridized carbons (Fsp3) is 0.667. The van der Waals surface area contributed by atoms with Gasteiger partial charge in [-0.3, -0.25) is 9.58 Å². The largest absolute Gasteiger partial charge is 0.395 e. The van der Waals surface area contributed by atoms with Crippen molar-refractivity contribution in [3.63, 3.8) is 0 Å². The van der Waals surface area contributed by atoms with E-state index < -0.39 is 0 Å². The van der Waals surface area contributed by atoms with E-state index in [-0.39, 0.29) is 6.61 Å². The molecule has 0 bridgehead atoms. The lowest BCUT2D eigenvalue weighted by atomic mass is 10.1. The van der Waals surface area contributed by atoms with Crippen molar-refractivity contribution in [2.75, 3.05) is 19.7 Å². The quantitative estimate of drug-likeness (QED) is 0.685. The molecule has 1 N–H and O–H groups in total. The fourth-order valence-corrected chi connectivity index (χ4v) is 1.82. The van der Waals surface area contributed by atoms with Crippen molar-refractivity contribution in [2.24, 2.45) is 7.05 Å². The second kappa shape index (κ2) is 3.47. The van der Waals surface area contributed by atoms with E-state index in [4.69, 9.17) is 5.11 Å². The highest BCUT2D eigenvalue weighted by Gasteiger charge is 2.18. The summed E-state index contributed by atoms with van der Waals surface area (Å²) in [5.41, 5.74) is 2.65. The van der Waals surface area contributed by atoms with Gasteiger partial charge in [-0.2, -0.15) is 5.10 Å². The molecule has 0 saturated heterocycles. The molecular weight excluding hydrogens is 166 g/mol. The molecule has 0 aliphatic carbocycles. The van der Waals surface area contributed by atoms with Crippen molar-refractivity contribution in [1.29, 1.82) is 0 Å². The Bertz CT molecular complexity index is 295. The Morgan fingerprint density at radius 2 is 2.46 bits per heavy atom. The first-order valence-corrected chi connectivity index (χ1v) is 4.64. The normalized spacial score (nSPS) is 17.4. The van der Waals surface area contributed by atoms with Gasteiger partial charge >= 0.3 is 0 Å². The summed E-state index contributed by atoms with van der Waals surface area (Å²) in [5.74, 6) is 0. The molecule has 0 atom stereocenters. The van der Waals surface area contributed by atoms with Crippen LogP contribution in [0.4, 0.5) is 0 Å². The summed E-state index contributed by atoms with van der Waals surface area (Å²) in [6.45, 7) is 2.98. The molecule has 2 rings (SSSR count). The van der Waals surface area contributed by atoms with E-state index in [0.29, 0.717) is 0 Å². The van der Waals surface area contributed by atoms with E-state index in [1.165, 1.54) is 11.3 Å². The predicted molar refractivity (Wildman–Crippen MR) is 49.3 cm³/mol. The molecule has 0 unspecified atom stereocenters. The van der Waals surface area contributed by atoms with Crippen molar-refractivity contribution in [3.05, 3.63) is 17.5 Å². The van der Waals surface area contributed by atoms with Gasteiger partial charge in [-0.15, -0.1) is 0 Å². The molecule has 1 aromatic rings. The average Bonchev–Trinajstić information content (AvgIpc) is 2.49. The first kappa shape index (κ1) is 8.72. The van der Waals surface area contributed by atoms with Crippen molar-refractivity contribution < 1.29 is 5.11 Å². The fourth-order valence-electron chi connectivity index (χ4n) is 1.82. The third-order valence-electron chi connectivity index (χ3n) is 2.64. The monoisotopic (exact) mass is 181 g/mol. The zero-order chi connectivity index (χ0) is 9.26. The zero-order valence-electron chi connectivity index (χ0n) is 7.90. The number of nitrogens with zero attached hydrogens (tertiary/aromatic N) is 3. The van der Waals surface area contributed by atoms with Gasteiger partial charge in [0, 0.05) is 26.7 Å². The van der Waals surface area contributed by atoms with E-state index in [1.54, 1.807) is 0 Å². The van der Waals surface area contributed by atoms with Crippen molar-refractivity contribution in [1.82, 2.24) is 14.7 Å². The lowest BCUT2D eigenvalue weighted by Gasteiger charge is -2.26. The van der Waals surface area contributed by atoms with Crippen LogP contribution in [0.25, 0.3) is 0 Å². The minimum Gasteiger partial charge on any atom is -0.395 e. The average molecular weight is 181 g/mol. The van der Waals surface area contributed by atoms with Crippen LogP contribution in [0.1, 0.15) is 11.3 Å². The standard InChI is InChI=1S/C9H15N3O/c1-11-9-7-12(4-5-13)3-2-8(9)6-10-11/h6,13H,2-5,7H2,1H3. The van der Waals surface area contributed by atoms with Crippen LogP contribution >= 0.6 is 0 Å². The highest BCUT2D eigenvalue weighted by Crippen LogP contribution is 2.16. The van der Waals surface area contributed by atoms with Gasteiger partial charge in [0.25, 0.3) is 0 Å². The Morgan fingerprint density at radius 1 is 1.62 bits per heavy atom. The molecule has 1 aliphatic rings. The molecule has 72 valence electrons. The van der Waals surface area contributed by atoms with Gasteiger partial charge < -0.3 is 5.11 Å². The number of aryl methyl sites for hydroxylation is 1. The Labute approximate surface area is 77.8 Å². The number of fused-ring (bicyclic) bond motifs is 1. The Hall–Kier alpha value is -0.870. The molecule has 1 aliphatic heterocycles. The lowest BCUT2D eigenvalue weighted by Crippen LogP contribution is -2.33. The molecule has 2 heterocycles. The van der Waals surface area contributed by atoms with Crippen LogP contribution < -0.4 is 0 Å². The van der Waals surface area contributed by atoms with Crippen LogP contribution in [0.15, 0.2) is 6.20 Å². The molecule has 0 spiro atoms. The van der Waals surface area contributed by atoms with Crippen LogP contribution in [0, 0.1) is 0 Å². The van der Waals surface area contributed by atoms with Crippen molar-refractivity contribution in [3.8, 4) is 0 Å². The third-order valence-corrected chi connectivity index (χ3v) is 2.64. The third kappa shape index (κ3) is 1.59. The smallest absolute Gasteiger partial charge is 0.0558 e. The molecule has 0 radical (unpaired) electrons. The molecule has 4 nitrogen and oxygen atoms in total. The maximum absolute atomic E-state index is 8.82. The van der Waals surface area contributed by atoms with Crippen LogP contribution in [0.3, 0.4) is 0 Å². The van der Waals surface area contributed by atoms with Crippen LogP contribution in [0.2, 0.25) is 0 Å². The Balaban J connectivity index is 2.13. The molecule has 0 fully saturated rings. The number of aliphatic hydroxyl groups is 1. The molecular formula is C9H15N3O. The molecule has 0 amide bonds. The summed E-state index contributed by atoms with van der Waals surface area (Å²) in [6.07, 6.45) is 3.01. The highest BCUT2D eigenvalue weighted by molar-refractivity contribution is 5.20. The molecule has 13 heavy (non-hydrogen) atoms. The van der Waals surface area contributed by atoms with Gasteiger partial charge in [-0.05, 0) is 12.0 Å². The van der Waals surface area contributed by atoms with Crippen molar-refractivity contribution >= 4 is 0 Å². The number of rotatable bonds is 2. The maximum atomic E-state index is 8.82. The van der Waals surface area contributed by atoms with E-state index in [0.717, 1.165) is 26.1 Å². The highest BCUT2D eigenvalue weighted by atomic mass is 16.3. The number of hydrogen-bond acceptors (Lipinski definition) is 3. The van der Waals surface area contributed by atoms with Gasteiger partial charge in [-0.1, -0.05) is 0 Å². The summed E-state index contributed by atoms with van der Waals surface area (Å²) < 4.78 is 1.93. The van der Waals surface area contributed by atoms with E-state index in [2.05, 4.69) is 10.00 Å². The number of hydrogen-bond donors (Lipinski definition) is 1. The maximum Gasteiger partial charge on any atom is 0.0558 e. The van der Waals surface area contributed by atoms with Crippen LogP contribution in [0.5, 0.6) is 0 Å². The molecule has 0 aromatic carbocycles. The minimum absolute atomic E-state index is 0.243. The summed E-state index contributed by atoms with van der Waals surface area (Å²) in [5, 5.41) is 13.0. The van der Waals surface area contributed by atoms with Gasteiger partial charge in [0.15, 0.2) is 0 Å². The SMILES string of the molecule is Cn1ncc2c1CN(CCO)CC2. The summed E-state index contributed by atoms with van der Waals surface area (Å²) >= 11 is 0. The van der Waals surface area contributed by atoms with E-state index >= 15 is 0 Å². The summed E-state index contributed by atoms with van der Waals surface area (Å²) in [6, 6.07) is 0. The van der Waals surface area contributed by atoms with E-state index in [9.17, 15) is 0 Å². The van der Waals surface area contributed by atoms with Gasteiger partial charge in [0.1, 0.15) is 0 Å². The van der Waals surface area contributed by atoms with Crippen molar-refractivity contribution in [2.45, 2.75) is 13.0 Å². The molecule has 0 saturated carbocycles. The molecule has 1 aromatic heterocycles. The van der Waals surface area contributed by atoms with Gasteiger partial charge in [0.05, 0.1) is 18.5 Å². The molecule has 4 heteroatoms. The Morgan fingerprint density at radius 3 is 3.23 bits per heavy atom. The first-order chi connectivity index (χ1) is 6.31. The number of aromatic nitrogens is 2. The van der Waals surface area contributed by atoms with E-state index in [1.807, 2.05) is 17.9 Å². The lowest BCUT2D eigenvalue weighted by molar-refractivity contribution is 0.181. The van der Waals surface area contributed by atoms with Gasteiger partial charge in [0.2, 0.25) is 0 Å².